The summed E-state index contributed by atoms with van der Waals surface area (Å²) in [6, 6.07) is 9.91. The highest BCUT2D eigenvalue weighted by atomic mass is 32.2. The number of aromatic nitrogens is 1. The zero-order chi connectivity index (χ0) is 24.0. The maximum absolute atomic E-state index is 14.1. The molecule has 1 heterocycles. The van der Waals surface area contributed by atoms with Crippen molar-refractivity contribution in [2.75, 3.05) is 5.75 Å². The van der Waals surface area contributed by atoms with Gasteiger partial charge in [0.2, 0.25) is 0 Å². The van der Waals surface area contributed by atoms with Crippen LogP contribution in [0.4, 0.5) is 26.3 Å². The number of hydrogen-bond donors (Lipinski definition) is 0. The molecule has 1 aliphatic carbocycles. The van der Waals surface area contributed by atoms with Gasteiger partial charge in [-0.15, -0.1) is 0 Å². The van der Waals surface area contributed by atoms with E-state index in [0.29, 0.717) is 28.3 Å². The predicted octanol–water partition coefficient (Wildman–Crippen LogP) is 8.52. The third-order valence-corrected chi connectivity index (χ3v) is 7.28. The second-order valence-corrected chi connectivity index (χ2v) is 10.4. The standard InChI is InChI=1S/C25H25F6NS/c1-15(2)12-32-13-20(22(25(29,30)31)14-33-17-8-9-17)19-10-7-16(11-23(19)32)18-5-3-4-6-21(18)24(26,27)28/h3-7,10-11,13,15,17,22H,8-9,12,14H2,1-2H3. The molecule has 3 aromatic rings. The molecule has 8 heteroatoms. The number of halogens is 6. The average Bonchev–Trinajstić information content (AvgIpc) is 3.48. The van der Waals surface area contributed by atoms with Crippen molar-refractivity contribution in [3.05, 3.63) is 59.8 Å². The van der Waals surface area contributed by atoms with Crippen LogP contribution in [0, 0.1) is 5.92 Å². The summed E-state index contributed by atoms with van der Waals surface area (Å²) in [5.74, 6) is -1.51. The van der Waals surface area contributed by atoms with Crippen molar-refractivity contribution in [3.63, 3.8) is 0 Å². The fraction of sp³-hybridized carbons (Fsp3) is 0.440. The summed E-state index contributed by atoms with van der Waals surface area (Å²) in [6.45, 7) is 4.39. The number of benzene rings is 2. The fourth-order valence-corrected chi connectivity index (χ4v) is 5.42. The van der Waals surface area contributed by atoms with E-state index in [1.807, 2.05) is 13.8 Å². The Morgan fingerprint density at radius 2 is 1.70 bits per heavy atom. The van der Waals surface area contributed by atoms with E-state index in [2.05, 4.69) is 0 Å². The summed E-state index contributed by atoms with van der Waals surface area (Å²) in [7, 11) is 0. The zero-order valence-corrected chi connectivity index (χ0v) is 19.1. The topological polar surface area (TPSA) is 4.93 Å². The Morgan fingerprint density at radius 1 is 1.00 bits per heavy atom. The Balaban J connectivity index is 1.85. The molecule has 0 saturated heterocycles. The SMILES string of the molecule is CC(C)Cn1cc(C(CSC2CC2)C(F)(F)F)c2ccc(-c3ccccc3C(F)(F)F)cc21. The summed E-state index contributed by atoms with van der Waals surface area (Å²) >= 11 is 1.35. The molecule has 1 fully saturated rings. The highest BCUT2D eigenvalue weighted by Gasteiger charge is 2.43. The monoisotopic (exact) mass is 485 g/mol. The molecule has 1 aliphatic rings. The van der Waals surface area contributed by atoms with Gasteiger partial charge in [0, 0.05) is 34.6 Å². The molecule has 1 unspecified atom stereocenters. The van der Waals surface area contributed by atoms with Crippen molar-refractivity contribution in [2.24, 2.45) is 5.92 Å². The largest absolute Gasteiger partial charge is 0.417 e. The first-order chi connectivity index (χ1) is 15.4. The lowest BCUT2D eigenvalue weighted by Gasteiger charge is -2.20. The highest BCUT2D eigenvalue weighted by molar-refractivity contribution is 8.00. The number of alkyl halides is 6. The molecule has 0 amide bonds. The molecule has 1 aromatic heterocycles. The van der Waals surface area contributed by atoms with Crippen molar-refractivity contribution < 1.29 is 26.3 Å². The Morgan fingerprint density at radius 3 is 2.30 bits per heavy atom. The lowest BCUT2D eigenvalue weighted by atomic mass is 9.95. The Hall–Kier alpha value is -2.09. The maximum Gasteiger partial charge on any atom is 0.417 e. The van der Waals surface area contributed by atoms with Gasteiger partial charge in [0.1, 0.15) is 0 Å². The molecule has 0 aliphatic heterocycles. The van der Waals surface area contributed by atoms with Crippen LogP contribution in [0.15, 0.2) is 48.7 Å². The van der Waals surface area contributed by atoms with Crippen LogP contribution in [0.5, 0.6) is 0 Å². The molecule has 178 valence electrons. The van der Waals surface area contributed by atoms with Crippen molar-refractivity contribution >= 4 is 22.7 Å². The number of hydrogen-bond acceptors (Lipinski definition) is 1. The van der Waals surface area contributed by atoms with Gasteiger partial charge in [-0.2, -0.15) is 38.1 Å². The molecule has 0 N–H and O–H groups in total. The fourth-order valence-electron chi connectivity index (χ4n) is 4.12. The van der Waals surface area contributed by atoms with Gasteiger partial charge in [-0.05, 0) is 47.6 Å². The van der Waals surface area contributed by atoms with Crippen LogP contribution in [0.1, 0.15) is 43.7 Å². The zero-order valence-electron chi connectivity index (χ0n) is 18.3. The van der Waals surface area contributed by atoms with Crippen LogP contribution in [0.25, 0.3) is 22.0 Å². The molecule has 0 spiro atoms. The van der Waals surface area contributed by atoms with Gasteiger partial charge < -0.3 is 4.57 Å². The summed E-state index contributed by atoms with van der Waals surface area (Å²) in [6.07, 6.45) is -5.48. The number of thioether (sulfide) groups is 1. The predicted molar refractivity (Wildman–Crippen MR) is 121 cm³/mol. The first-order valence-electron chi connectivity index (χ1n) is 10.9. The van der Waals surface area contributed by atoms with E-state index in [-0.39, 0.29) is 22.8 Å². The van der Waals surface area contributed by atoms with Crippen molar-refractivity contribution in [1.29, 1.82) is 0 Å². The quantitative estimate of drug-likeness (QED) is 0.304. The van der Waals surface area contributed by atoms with Crippen molar-refractivity contribution in [3.8, 4) is 11.1 Å². The molecule has 33 heavy (non-hydrogen) atoms. The summed E-state index contributed by atoms with van der Waals surface area (Å²) < 4.78 is 84.6. The van der Waals surface area contributed by atoms with E-state index < -0.39 is 23.8 Å². The number of rotatable bonds is 7. The van der Waals surface area contributed by atoms with Gasteiger partial charge in [0.25, 0.3) is 0 Å². The van der Waals surface area contributed by atoms with Crippen molar-refractivity contribution in [1.82, 2.24) is 4.57 Å². The minimum Gasteiger partial charge on any atom is -0.347 e. The van der Waals surface area contributed by atoms with E-state index in [9.17, 15) is 26.3 Å². The van der Waals surface area contributed by atoms with E-state index >= 15 is 0 Å². The van der Waals surface area contributed by atoms with Crippen LogP contribution in [-0.4, -0.2) is 21.7 Å². The van der Waals surface area contributed by atoms with Crippen LogP contribution in [0.2, 0.25) is 0 Å². The summed E-state index contributed by atoms with van der Waals surface area (Å²) in [4.78, 5) is 0. The van der Waals surface area contributed by atoms with Gasteiger partial charge in [-0.25, -0.2) is 0 Å². The van der Waals surface area contributed by atoms with Gasteiger partial charge in [0.05, 0.1) is 11.5 Å². The van der Waals surface area contributed by atoms with E-state index in [1.54, 1.807) is 22.9 Å². The molecule has 2 aromatic carbocycles. The van der Waals surface area contributed by atoms with Crippen LogP contribution < -0.4 is 0 Å². The molecular weight excluding hydrogens is 460 g/mol. The average molecular weight is 486 g/mol. The lowest BCUT2D eigenvalue weighted by molar-refractivity contribution is -0.144. The van der Waals surface area contributed by atoms with E-state index in [0.717, 1.165) is 18.9 Å². The number of nitrogens with zero attached hydrogens (tertiary/aromatic N) is 1. The Labute approximate surface area is 193 Å². The molecule has 0 bridgehead atoms. The van der Waals surface area contributed by atoms with Gasteiger partial charge in [-0.3, -0.25) is 0 Å². The number of fused-ring (bicyclic) bond motifs is 1. The van der Waals surface area contributed by atoms with Crippen molar-refractivity contribution in [2.45, 2.75) is 56.8 Å². The molecule has 1 nitrogen and oxygen atoms in total. The molecule has 4 rings (SSSR count). The normalized spacial score (nSPS) is 16.0. The first-order valence-corrected chi connectivity index (χ1v) is 12.0. The van der Waals surface area contributed by atoms with Crippen LogP contribution >= 0.6 is 11.8 Å². The highest BCUT2D eigenvalue weighted by Crippen LogP contribution is 2.45. The van der Waals surface area contributed by atoms with Gasteiger partial charge in [0.15, 0.2) is 0 Å². The summed E-state index contributed by atoms with van der Waals surface area (Å²) in [5.41, 5.74) is 0.310. The van der Waals surface area contributed by atoms with E-state index in [4.69, 9.17) is 0 Å². The minimum absolute atomic E-state index is 0.0161. The smallest absolute Gasteiger partial charge is 0.347 e. The third-order valence-electron chi connectivity index (χ3n) is 5.81. The van der Waals surface area contributed by atoms with Crippen LogP contribution in [0.3, 0.4) is 0 Å². The van der Waals surface area contributed by atoms with Gasteiger partial charge in [-0.1, -0.05) is 44.2 Å². The van der Waals surface area contributed by atoms with Crippen LogP contribution in [-0.2, 0) is 12.7 Å². The second-order valence-electron chi connectivity index (χ2n) is 9.03. The first kappa shape index (κ1) is 24.0. The molecule has 0 radical (unpaired) electrons. The summed E-state index contributed by atoms with van der Waals surface area (Å²) in [5, 5.41) is 0.743. The lowest BCUT2D eigenvalue weighted by Crippen LogP contribution is -2.23. The molecule has 1 saturated carbocycles. The van der Waals surface area contributed by atoms with Gasteiger partial charge >= 0.3 is 12.4 Å². The minimum atomic E-state index is -4.53. The maximum atomic E-state index is 14.1. The van der Waals surface area contributed by atoms with E-state index in [1.165, 1.54) is 36.0 Å². The molecule has 1 atom stereocenters. The third kappa shape index (κ3) is 5.36. The Kier molecular flexibility index (Phi) is 6.51. The Bertz CT molecular complexity index is 1120. The molecular formula is C25H25F6NS. The second kappa shape index (κ2) is 8.93.